The third kappa shape index (κ3) is 2.78. The molecule has 1 aromatic rings. The summed E-state index contributed by atoms with van der Waals surface area (Å²) in [6.45, 7) is 5.92. The van der Waals surface area contributed by atoms with Crippen molar-refractivity contribution in [3.05, 3.63) is 33.5 Å². The molecule has 1 aliphatic heterocycles. The molecule has 2 aliphatic rings. The maximum absolute atomic E-state index is 14.6. The van der Waals surface area contributed by atoms with Gasteiger partial charge in [-0.1, -0.05) is 22.4 Å². The van der Waals surface area contributed by atoms with Crippen LogP contribution in [0.5, 0.6) is 0 Å². The smallest absolute Gasteiger partial charge is 0.130 e. The van der Waals surface area contributed by atoms with Crippen molar-refractivity contribution >= 4 is 15.9 Å². The summed E-state index contributed by atoms with van der Waals surface area (Å²) in [6, 6.07) is 4.11. The highest BCUT2D eigenvalue weighted by Gasteiger charge is 2.35. The van der Waals surface area contributed by atoms with Crippen LogP contribution < -0.4 is 5.32 Å². The summed E-state index contributed by atoms with van der Waals surface area (Å²) in [5, 5.41) is 3.39. The molecular weight excluding hydrogens is 319 g/mol. The fourth-order valence-electron chi connectivity index (χ4n) is 3.43. The summed E-state index contributed by atoms with van der Waals surface area (Å²) in [5.41, 5.74) is 1.64. The molecule has 1 saturated carbocycles. The highest BCUT2D eigenvalue weighted by Crippen LogP contribution is 2.43. The third-order valence-electron chi connectivity index (χ3n) is 4.71. The van der Waals surface area contributed by atoms with Gasteiger partial charge in [-0.2, -0.15) is 0 Å². The van der Waals surface area contributed by atoms with E-state index in [1.807, 2.05) is 19.1 Å². The van der Waals surface area contributed by atoms with Crippen LogP contribution in [0.1, 0.15) is 36.4 Å². The van der Waals surface area contributed by atoms with Gasteiger partial charge in [0.05, 0.1) is 0 Å². The highest BCUT2D eigenvalue weighted by molar-refractivity contribution is 9.10. The van der Waals surface area contributed by atoms with Crippen LogP contribution in [-0.4, -0.2) is 31.1 Å². The summed E-state index contributed by atoms with van der Waals surface area (Å²) in [7, 11) is 0. The second-order valence-corrected chi connectivity index (χ2v) is 6.96. The molecule has 0 spiro atoms. The Morgan fingerprint density at radius 2 is 2.00 bits per heavy atom. The molecule has 0 unspecified atom stereocenters. The molecule has 2 nitrogen and oxygen atoms in total. The Balaban J connectivity index is 1.96. The molecule has 1 heterocycles. The normalized spacial score (nSPS) is 22.6. The van der Waals surface area contributed by atoms with Gasteiger partial charge in [-0.3, -0.25) is 4.90 Å². The number of rotatable bonds is 3. The van der Waals surface area contributed by atoms with Crippen LogP contribution in [0, 0.1) is 18.7 Å². The molecule has 1 atom stereocenters. The van der Waals surface area contributed by atoms with Crippen molar-refractivity contribution in [2.75, 3.05) is 26.2 Å². The summed E-state index contributed by atoms with van der Waals surface area (Å²) >= 11 is 3.53. The highest BCUT2D eigenvalue weighted by atomic mass is 79.9. The topological polar surface area (TPSA) is 15.3 Å². The van der Waals surface area contributed by atoms with Gasteiger partial charge >= 0.3 is 0 Å². The average molecular weight is 341 g/mol. The lowest BCUT2D eigenvalue weighted by molar-refractivity contribution is 0.0811. The first-order valence-corrected chi connectivity index (χ1v) is 8.36. The van der Waals surface area contributed by atoms with Gasteiger partial charge < -0.3 is 5.32 Å². The molecule has 1 aliphatic carbocycles. The summed E-state index contributed by atoms with van der Waals surface area (Å²) in [5.74, 6) is 0.611. The van der Waals surface area contributed by atoms with E-state index in [0.717, 1.165) is 41.8 Å². The van der Waals surface area contributed by atoms with Crippen LogP contribution in [0.15, 0.2) is 16.6 Å². The maximum atomic E-state index is 14.6. The van der Waals surface area contributed by atoms with E-state index in [1.165, 1.54) is 19.3 Å². The lowest BCUT2D eigenvalue weighted by Gasteiger charge is -2.43. The van der Waals surface area contributed by atoms with Gasteiger partial charge in [0.2, 0.25) is 0 Å². The van der Waals surface area contributed by atoms with E-state index < -0.39 is 0 Å². The van der Waals surface area contributed by atoms with Gasteiger partial charge in [0.25, 0.3) is 0 Å². The molecule has 4 heteroatoms. The van der Waals surface area contributed by atoms with Crippen molar-refractivity contribution in [1.82, 2.24) is 10.2 Å². The van der Waals surface area contributed by atoms with Crippen LogP contribution in [0.25, 0.3) is 0 Å². The zero-order valence-corrected chi connectivity index (χ0v) is 13.5. The molecule has 20 heavy (non-hydrogen) atoms. The Kier molecular flexibility index (Phi) is 4.43. The Hall–Kier alpha value is -0.450. The van der Waals surface area contributed by atoms with Crippen molar-refractivity contribution < 1.29 is 4.39 Å². The third-order valence-corrected chi connectivity index (χ3v) is 5.17. The lowest BCUT2D eigenvalue weighted by atomic mass is 9.76. The van der Waals surface area contributed by atoms with Crippen LogP contribution in [0.4, 0.5) is 4.39 Å². The zero-order chi connectivity index (χ0) is 14.1. The molecule has 0 bridgehead atoms. The predicted molar refractivity (Wildman–Crippen MR) is 83.4 cm³/mol. The van der Waals surface area contributed by atoms with Gasteiger partial charge in [0.15, 0.2) is 0 Å². The Bertz CT molecular complexity index is 482. The van der Waals surface area contributed by atoms with Crippen molar-refractivity contribution in [3.8, 4) is 0 Å². The van der Waals surface area contributed by atoms with Crippen molar-refractivity contribution in [2.24, 2.45) is 5.92 Å². The molecule has 2 fully saturated rings. The average Bonchev–Trinajstić information content (AvgIpc) is 2.39. The molecule has 1 saturated heterocycles. The molecule has 1 N–H and O–H groups in total. The Morgan fingerprint density at radius 1 is 1.30 bits per heavy atom. The maximum Gasteiger partial charge on any atom is 0.130 e. The Labute approximate surface area is 128 Å². The van der Waals surface area contributed by atoms with E-state index in [2.05, 4.69) is 26.1 Å². The number of halogens is 2. The van der Waals surface area contributed by atoms with Crippen molar-refractivity contribution in [2.45, 2.75) is 32.2 Å². The fraction of sp³-hybridized carbons (Fsp3) is 0.625. The van der Waals surface area contributed by atoms with Crippen molar-refractivity contribution in [1.29, 1.82) is 0 Å². The first kappa shape index (κ1) is 14.5. The van der Waals surface area contributed by atoms with Crippen LogP contribution in [-0.2, 0) is 0 Å². The first-order valence-electron chi connectivity index (χ1n) is 7.57. The second kappa shape index (κ2) is 6.12. The van der Waals surface area contributed by atoms with E-state index in [1.54, 1.807) is 0 Å². The van der Waals surface area contributed by atoms with E-state index in [0.29, 0.717) is 5.92 Å². The quantitative estimate of drug-likeness (QED) is 0.903. The number of hydrogen-bond acceptors (Lipinski definition) is 2. The molecule has 0 radical (unpaired) electrons. The van der Waals surface area contributed by atoms with Crippen LogP contribution in [0.3, 0.4) is 0 Å². The standard InChI is InChI=1S/C16H22BrFN2/c1-11-9-13(17)10-14(15(11)18)16(12-3-2-4-12)20-7-5-19-6-8-20/h9-10,12,16,19H,2-8H2,1H3/t16-/m1/s1. The number of benzene rings is 1. The van der Waals surface area contributed by atoms with Crippen molar-refractivity contribution in [3.63, 3.8) is 0 Å². The molecule has 110 valence electrons. The predicted octanol–water partition coefficient (Wildman–Crippen LogP) is 3.64. The van der Waals surface area contributed by atoms with E-state index in [-0.39, 0.29) is 11.9 Å². The monoisotopic (exact) mass is 340 g/mol. The molecular formula is C16H22BrFN2. The molecule has 0 amide bonds. The SMILES string of the molecule is Cc1cc(Br)cc([C@@H](C2CCC2)N2CCNCC2)c1F. The molecule has 3 rings (SSSR count). The largest absolute Gasteiger partial charge is 0.314 e. The number of aryl methyl sites for hydroxylation is 1. The van der Waals surface area contributed by atoms with Crippen LogP contribution in [0.2, 0.25) is 0 Å². The van der Waals surface area contributed by atoms with Gasteiger partial charge in [0.1, 0.15) is 5.82 Å². The first-order chi connectivity index (χ1) is 9.66. The summed E-state index contributed by atoms with van der Waals surface area (Å²) in [6.07, 6.45) is 3.76. The Morgan fingerprint density at radius 3 is 2.60 bits per heavy atom. The number of nitrogens with zero attached hydrogens (tertiary/aromatic N) is 1. The molecule has 1 aromatic carbocycles. The summed E-state index contributed by atoms with van der Waals surface area (Å²) in [4.78, 5) is 2.48. The van der Waals surface area contributed by atoms with Gasteiger partial charge in [-0.05, 0) is 43.4 Å². The summed E-state index contributed by atoms with van der Waals surface area (Å²) < 4.78 is 15.6. The van der Waals surface area contributed by atoms with Gasteiger partial charge in [0, 0.05) is 42.3 Å². The fourth-order valence-corrected chi connectivity index (χ4v) is 4.02. The number of hydrogen-bond donors (Lipinski definition) is 1. The second-order valence-electron chi connectivity index (χ2n) is 6.05. The minimum absolute atomic E-state index is 0.0105. The van der Waals surface area contributed by atoms with Gasteiger partial charge in [-0.15, -0.1) is 0 Å². The van der Waals surface area contributed by atoms with E-state index >= 15 is 0 Å². The lowest BCUT2D eigenvalue weighted by Crippen LogP contribution is -2.48. The molecule has 0 aromatic heterocycles. The zero-order valence-electron chi connectivity index (χ0n) is 12.0. The van der Waals surface area contributed by atoms with E-state index in [9.17, 15) is 4.39 Å². The minimum atomic E-state index is -0.0105. The van der Waals surface area contributed by atoms with E-state index in [4.69, 9.17) is 0 Å². The number of nitrogens with one attached hydrogen (secondary N) is 1. The van der Waals surface area contributed by atoms with Gasteiger partial charge in [-0.25, -0.2) is 4.39 Å². The van der Waals surface area contributed by atoms with Crippen LogP contribution >= 0.6 is 15.9 Å². The number of piperazine rings is 1. The minimum Gasteiger partial charge on any atom is -0.314 e.